The highest BCUT2D eigenvalue weighted by Gasteiger charge is 2.10. The summed E-state index contributed by atoms with van der Waals surface area (Å²) in [6.45, 7) is 0. The van der Waals surface area contributed by atoms with Crippen LogP contribution in [0, 0.1) is 22.7 Å². The molecule has 0 aliphatic rings. The monoisotopic (exact) mass is 523 g/mol. The number of hydrogen-bond acceptors (Lipinski definition) is 4. The van der Waals surface area contributed by atoms with Crippen LogP contribution in [0.4, 0.5) is 0 Å². The van der Waals surface area contributed by atoms with Crippen molar-refractivity contribution in [3.05, 3.63) is 139 Å². The molecule has 0 saturated carbocycles. The van der Waals surface area contributed by atoms with Gasteiger partial charge >= 0.3 is 0 Å². The van der Waals surface area contributed by atoms with Gasteiger partial charge in [0.2, 0.25) is 5.89 Å². The van der Waals surface area contributed by atoms with Gasteiger partial charge in [-0.05, 0) is 92.7 Å². The van der Waals surface area contributed by atoms with E-state index in [0.717, 1.165) is 38.9 Å². The van der Waals surface area contributed by atoms with Crippen LogP contribution in [0.3, 0.4) is 0 Å². The van der Waals surface area contributed by atoms with Gasteiger partial charge in [-0.15, -0.1) is 0 Å². The van der Waals surface area contributed by atoms with Gasteiger partial charge in [0.15, 0.2) is 5.58 Å². The maximum Gasteiger partial charge on any atom is 0.227 e. The van der Waals surface area contributed by atoms with Crippen molar-refractivity contribution in [2.24, 2.45) is 0 Å². The van der Waals surface area contributed by atoms with Crippen LogP contribution in [-0.2, 0) is 0 Å². The molecule has 0 radical (unpaired) electrons. The SMILES string of the molecule is N#Cc1ccc(-c2ccc(-c3ccc4cc(-c5ccc(-c6nc7ccc(C#N)cc7o6)cc5)ccc4c3)cc2)cc1. The van der Waals surface area contributed by atoms with E-state index in [2.05, 4.69) is 89.9 Å². The highest BCUT2D eigenvalue weighted by atomic mass is 16.3. The summed E-state index contributed by atoms with van der Waals surface area (Å²) in [6.07, 6.45) is 0. The average Bonchev–Trinajstić information content (AvgIpc) is 3.48. The Hall–Kier alpha value is -5.97. The summed E-state index contributed by atoms with van der Waals surface area (Å²) < 4.78 is 5.91. The first kappa shape index (κ1) is 24.1. The van der Waals surface area contributed by atoms with E-state index in [1.807, 2.05) is 42.5 Å². The molecular weight excluding hydrogens is 502 g/mol. The Bertz CT molecular complexity index is 2140. The summed E-state index contributed by atoms with van der Waals surface area (Å²) in [5.74, 6) is 0.539. The molecule has 190 valence electrons. The third kappa shape index (κ3) is 4.61. The highest BCUT2D eigenvalue weighted by molar-refractivity contribution is 5.91. The van der Waals surface area contributed by atoms with Gasteiger partial charge in [0, 0.05) is 11.6 Å². The van der Waals surface area contributed by atoms with Crippen molar-refractivity contribution >= 4 is 21.9 Å². The van der Waals surface area contributed by atoms with Gasteiger partial charge in [-0.25, -0.2) is 4.98 Å². The van der Waals surface area contributed by atoms with E-state index in [4.69, 9.17) is 14.9 Å². The molecule has 7 rings (SSSR count). The van der Waals surface area contributed by atoms with Gasteiger partial charge in [-0.2, -0.15) is 10.5 Å². The topological polar surface area (TPSA) is 73.6 Å². The molecule has 0 amide bonds. The van der Waals surface area contributed by atoms with Crippen LogP contribution in [0.5, 0.6) is 0 Å². The molecule has 0 saturated heterocycles. The van der Waals surface area contributed by atoms with Crippen LogP contribution in [0.2, 0.25) is 0 Å². The molecule has 0 fully saturated rings. The van der Waals surface area contributed by atoms with Crippen LogP contribution in [0.1, 0.15) is 11.1 Å². The van der Waals surface area contributed by atoms with Crippen molar-refractivity contribution in [3.63, 3.8) is 0 Å². The van der Waals surface area contributed by atoms with Gasteiger partial charge in [0.05, 0.1) is 23.3 Å². The summed E-state index contributed by atoms with van der Waals surface area (Å²) in [4.78, 5) is 4.57. The first-order chi connectivity index (χ1) is 20.2. The van der Waals surface area contributed by atoms with Gasteiger partial charge in [-0.1, -0.05) is 72.8 Å². The van der Waals surface area contributed by atoms with E-state index in [1.54, 1.807) is 12.1 Å². The van der Waals surface area contributed by atoms with E-state index in [0.29, 0.717) is 22.6 Å². The smallest absolute Gasteiger partial charge is 0.227 e. The zero-order valence-electron chi connectivity index (χ0n) is 21.9. The van der Waals surface area contributed by atoms with Gasteiger partial charge in [0.25, 0.3) is 0 Å². The Balaban J connectivity index is 1.12. The van der Waals surface area contributed by atoms with Gasteiger partial charge in [0.1, 0.15) is 5.52 Å². The van der Waals surface area contributed by atoms with Gasteiger partial charge in [-0.3, -0.25) is 0 Å². The fraction of sp³-hybridized carbons (Fsp3) is 0. The fourth-order valence-electron chi connectivity index (χ4n) is 5.12. The molecule has 0 aliphatic carbocycles. The number of hydrogen-bond donors (Lipinski definition) is 0. The number of oxazole rings is 1. The molecule has 4 nitrogen and oxygen atoms in total. The predicted octanol–water partition coefficient (Wildman–Crippen LogP) is 9.39. The van der Waals surface area contributed by atoms with Crippen LogP contribution in [-0.4, -0.2) is 4.98 Å². The number of benzene rings is 6. The van der Waals surface area contributed by atoms with Crippen molar-refractivity contribution < 1.29 is 4.42 Å². The van der Waals surface area contributed by atoms with Crippen LogP contribution >= 0.6 is 0 Å². The fourth-order valence-corrected chi connectivity index (χ4v) is 5.12. The molecule has 0 unspecified atom stereocenters. The number of nitrogens with zero attached hydrogens (tertiary/aromatic N) is 3. The zero-order valence-corrected chi connectivity index (χ0v) is 21.9. The van der Waals surface area contributed by atoms with Crippen molar-refractivity contribution in [2.75, 3.05) is 0 Å². The lowest BCUT2D eigenvalue weighted by atomic mass is 9.96. The van der Waals surface area contributed by atoms with Crippen LogP contribution in [0.25, 0.3) is 66.7 Å². The lowest BCUT2D eigenvalue weighted by Crippen LogP contribution is -1.84. The molecule has 0 bridgehead atoms. The van der Waals surface area contributed by atoms with Crippen molar-refractivity contribution in [2.45, 2.75) is 0 Å². The van der Waals surface area contributed by atoms with Crippen molar-refractivity contribution in [1.29, 1.82) is 10.5 Å². The normalized spacial score (nSPS) is 10.9. The van der Waals surface area contributed by atoms with E-state index in [-0.39, 0.29) is 0 Å². The molecule has 1 heterocycles. The minimum absolute atomic E-state index is 0.539. The van der Waals surface area contributed by atoms with E-state index in [9.17, 15) is 0 Å². The van der Waals surface area contributed by atoms with E-state index >= 15 is 0 Å². The third-order valence-electron chi connectivity index (χ3n) is 7.39. The molecule has 0 aliphatic heterocycles. The maximum atomic E-state index is 9.13. The summed E-state index contributed by atoms with van der Waals surface area (Å²) in [6, 6.07) is 47.0. The molecular formula is C37H21N3O. The quantitative estimate of drug-likeness (QED) is 0.230. The Morgan fingerprint density at radius 1 is 0.439 bits per heavy atom. The minimum atomic E-state index is 0.539. The highest BCUT2D eigenvalue weighted by Crippen LogP contribution is 2.32. The van der Waals surface area contributed by atoms with E-state index < -0.39 is 0 Å². The Morgan fingerprint density at radius 2 is 0.878 bits per heavy atom. The third-order valence-corrected chi connectivity index (χ3v) is 7.39. The Morgan fingerprint density at radius 3 is 1.41 bits per heavy atom. The minimum Gasteiger partial charge on any atom is -0.436 e. The summed E-state index contributed by atoms with van der Waals surface area (Å²) in [5, 5.41) is 20.5. The summed E-state index contributed by atoms with van der Waals surface area (Å²) in [7, 11) is 0. The van der Waals surface area contributed by atoms with E-state index in [1.165, 1.54) is 16.3 Å². The second-order valence-corrected chi connectivity index (χ2v) is 9.93. The zero-order chi connectivity index (χ0) is 27.8. The first-order valence-electron chi connectivity index (χ1n) is 13.2. The maximum absolute atomic E-state index is 9.13. The lowest BCUT2D eigenvalue weighted by molar-refractivity contribution is 0.620. The number of rotatable bonds is 4. The standard InChI is InChI=1S/C37H21N3O/c38-22-24-1-4-26(5-2-24)27-6-8-28(9-7-27)31-14-16-34-21-32(15-17-33(34)20-31)29-10-12-30(13-11-29)37-40-35-18-3-25(23-39)19-36(35)41-37/h1-21H. The Kier molecular flexibility index (Phi) is 5.86. The molecule has 4 heteroatoms. The van der Waals surface area contributed by atoms with Crippen molar-refractivity contribution in [1.82, 2.24) is 4.98 Å². The molecule has 6 aromatic carbocycles. The molecule has 0 spiro atoms. The average molecular weight is 524 g/mol. The first-order valence-corrected chi connectivity index (χ1v) is 13.2. The predicted molar refractivity (Wildman–Crippen MR) is 163 cm³/mol. The van der Waals surface area contributed by atoms with Gasteiger partial charge < -0.3 is 4.42 Å². The lowest BCUT2D eigenvalue weighted by Gasteiger charge is -2.09. The number of aromatic nitrogens is 1. The summed E-state index contributed by atoms with van der Waals surface area (Å²) >= 11 is 0. The van der Waals surface area contributed by atoms with Crippen LogP contribution < -0.4 is 0 Å². The largest absolute Gasteiger partial charge is 0.436 e. The molecule has 0 atom stereocenters. The second-order valence-electron chi connectivity index (χ2n) is 9.93. The molecule has 0 N–H and O–H groups in total. The number of fused-ring (bicyclic) bond motifs is 2. The summed E-state index contributed by atoms with van der Waals surface area (Å²) in [5.41, 5.74) is 10.2. The molecule has 41 heavy (non-hydrogen) atoms. The van der Waals surface area contributed by atoms with Crippen molar-refractivity contribution in [3.8, 4) is 57.0 Å². The Labute approximate surface area is 237 Å². The number of nitriles is 2. The molecule has 7 aromatic rings. The van der Waals surface area contributed by atoms with Crippen LogP contribution in [0.15, 0.2) is 132 Å². The second kappa shape index (κ2) is 9.97. The molecule has 1 aromatic heterocycles.